The first kappa shape index (κ1) is 14.5. The minimum atomic E-state index is -6.34. The molecule has 0 bridgehead atoms. The van der Waals surface area contributed by atoms with Crippen LogP contribution in [0.5, 0.6) is 0 Å². The smallest absolute Gasteiger partial charge is 0.263 e. The van der Waals surface area contributed by atoms with Crippen molar-refractivity contribution in [2.75, 3.05) is 0 Å². The van der Waals surface area contributed by atoms with Crippen molar-refractivity contribution in [3.8, 4) is 0 Å². The molecule has 17 heavy (non-hydrogen) atoms. The van der Waals surface area contributed by atoms with E-state index in [9.17, 15) is 30.7 Å². The second kappa shape index (κ2) is 4.25. The maximum absolute atomic E-state index is 13.1. The van der Waals surface area contributed by atoms with E-state index in [0.29, 0.717) is 6.07 Å². The van der Waals surface area contributed by atoms with Gasteiger partial charge in [0.05, 0.1) is 0 Å². The Morgan fingerprint density at radius 3 is 1.88 bits per heavy atom. The van der Waals surface area contributed by atoms with Gasteiger partial charge in [-0.2, -0.15) is 30.7 Å². The van der Waals surface area contributed by atoms with Crippen LogP contribution in [0.1, 0.15) is 5.56 Å². The number of alkyl halides is 7. The monoisotopic (exact) mass is 373 g/mol. The molecule has 0 N–H and O–H groups in total. The van der Waals surface area contributed by atoms with E-state index in [1.54, 1.807) is 0 Å². The first-order valence-electron chi connectivity index (χ1n) is 3.93. The van der Waals surface area contributed by atoms with E-state index in [0.717, 1.165) is 6.20 Å². The molecule has 0 fully saturated rings. The lowest BCUT2D eigenvalue weighted by Crippen LogP contribution is -2.50. The normalized spacial score (nSPS) is 13.9. The number of hydrogen-bond acceptors (Lipinski definition) is 1. The molecule has 0 aliphatic rings. The van der Waals surface area contributed by atoms with Crippen LogP contribution in [0.15, 0.2) is 18.5 Å². The summed E-state index contributed by atoms with van der Waals surface area (Å²) in [4.78, 5) is 3.16. The van der Waals surface area contributed by atoms with Crippen LogP contribution in [-0.4, -0.2) is 17.1 Å². The molecule has 0 aromatic carbocycles. The lowest BCUT2D eigenvalue weighted by Gasteiger charge is -2.28. The number of aromatic nitrogens is 1. The maximum atomic E-state index is 13.1. The van der Waals surface area contributed by atoms with E-state index in [1.807, 2.05) is 0 Å². The molecule has 1 aromatic rings. The van der Waals surface area contributed by atoms with E-state index in [-0.39, 0.29) is 9.77 Å². The minimum absolute atomic E-state index is 0.0257. The predicted octanol–water partition coefficient (Wildman–Crippen LogP) is 3.98. The molecule has 0 unspecified atom stereocenters. The van der Waals surface area contributed by atoms with Crippen molar-refractivity contribution < 1.29 is 30.7 Å². The fraction of sp³-hybridized carbons (Fsp3) is 0.375. The van der Waals surface area contributed by atoms with Gasteiger partial charge in [0.25, 0.3) is 0 Å². The van der Waals surface area contributed by atoms with Gasteiger partial charge in [0, 0.05) is 21.5 Å². The molecule has 0 atom stereocenters. The van der Waals surface area contributed by atoms with Gasteiger partial charge in [0.1, 0.15) is 0 Å². The summed E-state index contributed by atoms with van der Waals surface area (Å²) >= 11 is 1.47. The van der Waals surface area contributed by atoms with E-state index in [2.05, 4.69) is 4.98 Å². The van der Waals surface area contributed by atoms with Crippen LogP contribution in [0.2, 0.25) is 0 Å². The SMILES string of the molecule is FC(F)(F)C(F)(F)C(F)(F)c1cncc(I)c1. The average Bonchev–Trinajstić information content (AvgIpc) is 2.15. The number of nitrogens with zero attached hydrogens (tertiary/aromatic N) is 1. The van der Waals surface area contributed by atoms with Gasteiger partial charge in [0.15, 0.2) is 0 Å². The molecule has 0 radical (unpaired) electrons. The summed E-state index contributed by atoms with van der Waals surface area (Å²) in [6.07, 6.45) is -5.01. The molecule has 1 heterocycles. The summed E-state index contributed by atoms with van der Waals surface area (Å²) in [7, 11) is 0. The van der Waals surface area contributed by atoms with Crippen molar-refractivity contribution >= 4 is 22.6 Å². The molecule has 96 valence electrons. The van der Waals surface area contributed by atoms with Crippen molar-refractivity contribution in [1.29, 1.82) is 0 Å². The van der Waals surface area contributed by atoms with Crippen molar-refractivity contribution in [3.05, 3.63) is 27.6 Å². The molecule has 1 nitrogen and oxygen atoms in total. The van der Waals surface area contributed by atoms with Gasteiger partial charge in [-0.05, 0) is 28.7 Å². The van der Waals surface area contributed by atoms with Crippen molar-refractivity contribution in [3.63, 3.8) is 0 Å². The number of pyridine rings is 1. The van der Waals surface area contributed by atoms with E-state index in [4.69, 9.17) is 0 Å². The zero-order valence-corrected chi connectivity index (χ0v) is 9.86. The Bertz CT molecular complexity index is 415. The highest BCUT2D eigenvalue weighted by molar-refractivity contribution is 14.1. The first-order valence-corrected chi connectivity index (χ1v) is 5.01. The second-order valence-corrected chi connectivity index (χ2v) is 4.28. The summed E-state index contributed by atoms with van der Waals surface area (Å²) in [6.45, 7) is 0. The topological polar surface area (TPSA) is 12.9 Å². The van der Waals surface area contributed by atoms with Gasteiger partial charge >= 0.3 is 18.0 Å². The summed E-state index contributed by atoms with van der Waals surface area (Å²) in [5.74, 6) is -11.5. The number of hydrogen-bond donors (Lipinski definition) is 0. The Labute approximate surface area is 104 Å². The molecule has 0 aliphatic carbocycles. The van der Waals surface area contributed by atoms with Gasteiger partial charge in [-0.25, -0.2) is 0 Å². The molecule has 0 aliphatic heterocycles. The summed E-state index contributed by atoms with van der Waals surface area (Å²) in [5.41, 5.74) is -1.48. The van der Waals surface area contributed by atoms with Crippen LogP contribution in [0, 0.1) is 3.57 Å². The van der Waals surface area contributed by atoms with Crippen LogP contribution in [0.4, 0.5) is 30.7 Å². The van der Waals surface area contributed by atoms with E-state index in [1.165, 1.54) is 22.6 Å². The first-order chi connectivity index (χ1) is 7.50. The van der Waals surface area contributed by atoms with Gasteiger partial charge in [0.2, 0.25) is 0 Å². The second-order valence-electron chi connectivity index (χ2n) is 3.04. The van der Waals surface area contributed by atoms with Gasteiger partial charge in [-0.15, -0.1) is 0 Å². The molecular formula is C8H3F7IN. The lowest BCUT2D eigenvalue weighted by atomic mass is 10.0. The predicted molar refractivity (Wildman–Crippen MR) is 51.9 cm³/mol. The Morgan fingerprint density at radius 1 is 0.941 bits per heavy atom. The third-order valence-electron chi connectivity index (χ3n) is 1.82. The third-order valence-corrected chi connectivity index (χ3v) is 2.41. The van der Waals surface area contributed by atoms with Crippen LogP contribution in [-0.2, 0) is 5.92 Å². The Hall–Kier alpha value is -0.610. The summed E-state index contributed by atoms with van der Waals surface area (Å²) in [6, 6.07) is 0.521. The molecule has 0 saturated heterocycles. The zero-order chi connectivity index (χ0) is 13.5. The van der Waals surface area contributed by atoms with Gasteiger partial charge in [-0.1, -0.05) is 0 Å². The summed E-state index contributed by atoms with van der Waals surface area (Å²) < 4.78 is 87.0. The zero-order valence-electron chi connectivity index (χ0n) is 7.70. The number of rotatable bonds is 2. The Kier molecular flexibility index (Phi) is 3.61. The highest BCUT2D eigenvalue weighted by atomic mass is 127. The van der Waals surface area contributed by atoms with Crippen molar-refractivity contribution in [1.82, 2.24) is 4.98 Å². The van der Waals surface area contributed by atoms with Crippen molar-refractivity contribution in [2.45, 2.75) is 18.0 Å². The highest BCUT2D eigenvalue weighted by Gasteiger charge is 2.73. The lowest BCUT2D eigenvalue weighted by molar-refractivity contribution is -0.359. The van der Waals surface area contributed by atoms with Gasteiger partial charge < -0.3 is 0 Å². The highest BCUT2D eigenvalue weighted by Crippen LogP contribution is 2.51. The van der Waals surface area contributed by atoms with Crippen LogP contribution in [0.3, 0.4) is 0 Å². The molecule has 0 spiro atoms. The van der Waals surface area contributed by atoms with Crippen LogP contribution >= 0.6 is 22.6 Å². The Balaban J connectivity index is 3.28. The van der Waals surface area contributed by atoms with Gasteiger partial charge in [-0.3, -0.25) is 4.98 Å². The third kappa shape index (κ3) is 2.47. The Morgan fingerprint density at radius 2 is 1.47 bits per heavy atom. The summed E-state index contributed by atoms with van der Waals surface area (Å²) in [5, 5.41) is 0. The quantitative estimate of drug-likeness (QED) is 0.565. The minimum Gasteiger partial charge on any atom is -0.263 e. The largest absolute Gasteiger partial charge is 0.460 e. The van der Waals surface area contributed by atoms with Crippen molar-refractivity contribution in [2.24, 2.45) is 0 Å². The molecule has 9 heteroatoms. The molecule has 1 aromatic heterocycles. The standard InChI is InChI=1S/C8H3F7IN/c9-6(10,7(11,12)8(13,14)15)4-1-5(16)3-17-2-4/h1-3H. The fourth-order valence-corrected chi connectivity index (χ4v) is 1.44. The van der Waals surface area contributed by atoms with E-state index < -0.39 is 23.6 Å². The van der Waals surface area contributed by atoms with Crippen LogP contribution in [0.25, 0.3) is 0 Å². The molecule has 1 rings (SSSR count). The number of halogens is 8. The molecular weight excluding hydrogens is 370 g/mol. The fourth-order valence-electron chi connectivity index (χ4n) is 0.943. The van der Waals surface area contributed by atoms with Crippen LogP contribution < -0.4 is 0 Å². The maximum Gasteiger partial charge on any atom is 0.460 e. The average molecular weight is 373 g/mol. The molecule has 0 amide bonds. The molecule has 0 saturated carbocycles. The van der Waals surface area contributed by atoms with E-state index >= 15 is 0 Å².